The number of amides is 1. The molecule has 3 rings (SSSR count). The first-order chi connectivity index (χ1) is 13.2. The lowest BCUT2D eigenvalue weighted by Crippen LogP contribution is -2.17. The van der Waals surface area contributed by atoms with E-state index in [4.69, 9.17) is 4.74 Å². The molecular formula is C19H16F4N2O3. The molecule has 0 radical (unpaired) electrons. The van der Waals surface area contributed by atoms with Crippen LogP contribution < -0.4 is 14.8 Å². The van der Waals surface area contributed by atoms with Crippen LogP contribution >= 0.6 is 0 Å². The van der Waals surface area contributed by atoms with E-state index >= 15 is 0 Å². The molecule has 148 valence electrons. The van der Waals surface area contributed by atoms with E-state index in [1.54, 1.807) is 6.20 Å². The Morgan fingerprint density at radius 2 is 1.96 bits per heavy atom. The van der Waals surface area contributed by atoms with Crippen molar-refractivity contribution in [2.75, 3.05) is 11.9 Å². The van der Waals surface area contributed by atoms with Gasteiger partial charge in [-0.3, -0.25) is 4.79 Å². The molecule has 28 heavy (non-hydrogen) atoms. The number of aromatic amines is 1. The maximum Gasteiger partial charge on any atom is 0.573 e. The molecule has 0 saturated carbocycles. The summed E-state index contributed by atoms with van der Waals surface area (Å²) in [7, 11) is 0. The van der Waals surface area contributed by atoms with E-state index in [2.05, 4.69) is 15.0 Å². The minimum atomic E-state index is -4.96. The van der Waals surface area contributed by atoms with Crippen LogP contribution in [-0.2, 0) is 11.2 Å². The third kappa shape index (κ3) is 4.93. The highest BCUT2D eigenvalue weighted by molar-refractivity contribution is 6.01. The molecule has 0 aliphatic rings. The number of carbonyl (C=O) groups is 1. The van der Waals surface area contributed by atoms with Crippen molar-refractivity contribution in [1.82, 2.24) is 4.98 Å². The molecule has 0 aliphatic heterocycles. The number of anilines is 1. The van der Waals surface area contributed by atoms with E-state index in [9.17, 15) is 22.4 Å². The monoisotopic (exact) mass is 396 g/mol. The molecule has 1 heterocycles. The summed E-state index contributed by atoms with van der Waals surface area (Å²) in [6.45, 7) is 1.60. The van der Waals surface area contributed by atoms with Gasteiger partial charge in [0.15, 0.2) is 11.6 Å². The summed E-state index contributed by atoms with van der Waals surface area (Å²) in [6.07, 6.45) is -2.79. The first-order valence-corrected chi connectivity index (χ1v) is 8.27. The summed E-state index contributed by atoms with van der Waals surface area (Å²) in [5, 5.41) is 3.57. The van der Waals surface area contributed by atoms with Crippen LogP contribution in [0.2, 0.25) is 0 Å². The Morgan fingerprint density at radius 1 is 1.18 bits per heavy atom. The van der Waals surface area contributed by atoms with Gasteiger partial charge in [-0.15, -0.1) is 13.2 Å². The second-order valence-electron chi connectivity index (χ2n) is 6.00. The Morgan fingerprint density at radius 3 is 2.64 bits per heavy atom. The lowest BCUT2D eigenvalue weighted by Gasteiger charge is -2.11. The fourth-order valence-electron chi connectivity index (χ4n) is 2.68. The Bertz CT molecular complexity index is 998. The largest absolute Gasteiger partial charge is 0.573 e. The Kier molecular flexibility index (Phi) is 5.43. The van der Waals surface area contributed by atoms with Gasteiger partial charge in [-0.1, -0.05) is 6.07 Å². The van der Waals surface area contributed by atoms with E-state index in [-0.39, 0.29) is 18.3 Å². The zero-order valence-corrected chi connectivity index (χ0v) is 14.7. The maximum atomic E-state index is 13.7. The van der Waals surface area contributed by atoms with Crippen LogP contribution in [0.3, 0.4) is 0 Å². The van der Waals surface area contributed by atoms with Crippen LogP contribution in [0, 0.1) is 5.82 Å². The molecule has 0 unspecified atom stereocenters. The normalized spacial score (nSPS) is 11.5. The van der Waals surface area contributed by atoms with E-state index < -0.39 is 17.9 Å². The quantitative estimate of drug-likeness (QED) is 0.589. The van der Waals surface area contributed by atoms with Gasteiger partial charge in [0, 0.05) is 36.5 Å². The Balaban J connectivity index is 1.63. The van der Waals surface area contributed by atoms with Gasteiger partial charge in [0.25, 0.3) is 0 Å². The molecule has 0 spiro atoms. The topological polar surface area (TPSA) is 63.4 Å². The Hall–Kier alpha value is -3.23. The third-order valence-corrected chi connectivity index (χ3v) is 3.85. The summed E-state index contributed by atoms with van der Waals surface area (Å²) in [6, 6.07) is 8.53. The van der Waals surface area contributed by atoms with Crippen molar-refractivity contribution in [3.8, 4) is 11.5 Å². The average molecular weight is 396 g/mol. The van der Waals surface area contributed by atoms with Gasteiger partial charge in [-0.05, 0) is 29.8 Å². The SMILES string of the molecule is CC(=O)Nc1c[nH]c2ccc(CCOc3ccc(OC(F)(F)F)c(F)c3)cc12. The molecule has 9 heteroatoms. The van der Waals surface area contributed by atoms with Gasteiger partial charge < -0.3 is 19.8 Å². The smallest absolute Gasteiger partial charge is 0.493 e. The van der Waals surface area contributed by atoms with Crippen molar-refractivity contribution in [3.63, 3.8) is 0 Å². The number of halogens is 4. The molecule has 2 N–H and O–H groups in total. The lowest BCUT2D eigenvalue weighted by molar-refractivity contribution is -0.275. The molecule has 0 atom stereocenters. The van der Waals surface area contributed by atoms with Crippen LogP contribution in [0.4, 0.5) is 23.2 Å². The first kappa shape index (κ1) is 19.5. The highest BCUT2D eigenvalue weighted by atomic mass is 19.4. The van der Waals surface area contributed by atoms with Gasteiger partial charge in [0.2, 0.25) is 5.91 Å². The van der Waals surface area contributed by atoms with Crippen molar-refractivity contribution >= 4 is 22.5 Å². The predicted molar refractivity (Wildman–Crippen MR) is 94.9 cm³/mol. The first-order valence-electron chi connectivity index (χ1n) is 8.27. The number of aromatic nitrogens is 1. The van der Waals surface area contributed by atoms with Gasteiger partial charge >= 0.3 is 6.36 Å². The van der Waals surface area contributed by atoms with E-state index in [0.29, 0.717) is 12.1 Å². The minimum absolute atomic E-state index is 0.0914. The maximum absolute atomic E-state index is 13.7. The summed E-state index contributed by atoms with van der Waals surface area (Å²) in [5.41, 5.74) is 2.43. The number of fused-ring (bicyclic) bond motifs is 1. The van der Waals surface area contributed by atoms with E-state index in [0.717, 1.165) is 28.6 Å². The summed E-state index contributed by atoms with van der Waals surface area (Å²) in [5.74, 6) is -2.17. The standard InChI is InChI=1S/C19H16F4N2O3/c1-11(26)25-17-10-24-16-4-2-12(8-14(16)17)6-7-27-13-3-5-18(15(20)9-13)28-19(21,22)23/h2-5,8-10,24H,6-7H2,1H3,(H,25,26). The van der Waals surface area contributed by atoms with E-state index in [1.807, 2.05) is 18.2 Å². The highest BCUT2D eigenvalue weighted by Crippen LogP contribution is 2.28. The zero-order valence-electron chi connectivity index (χ0n) is 14.7. The zero-order chi connectivity index (χ0) is 20.3. The minimum Gasteiger partial charge on any atom is -0.493 e. The summed E-state index contributed by atoms with van der Waals surface area (Å²) in [4.78, 5) is 14.3. The van der Waals surface area contributed by atoms with Crippen LogP contribution in [-0.4, -0.2) is 23.9 Å². The van der Waals surface area contributed by atoms with Crippen LogP contribution in [0.1, 0.15) is 12.5 Å². The molecule has 0 fully saturated rings. The average Bonchev–Trinajstić information content (AvgIpc) is 2.98. The summed E-state index contributed by atoms with van der Waals surface area (Å²) < 4.78 is 59.1. The molecule has 1 aromatic heterocycles. The number of benzene rings is 2. The molecule has 1 amide bonds. The second kappa shape index (κ2) is 7.79. The Labute approximate surface area is 157 Å². The van der Waals surface area contributed by atoms with Crippen molar-refractivity contribution < 1.29 is 31.8 Å². The number of hydrogen-bond donors (Lipinski definition) is 2. The van der Waals surface area contributed by atoms with Crippen molar-refractivity contribution in [1.29, 1.82) is 0 Å². The van der Waals surface area contributed by atoms with Gasteiger partial charge in [0.05, 0.1) is 12.3 Å². The fourth-order valence-corrected chi connectivity index (χ4v) is 2.68. The van der Waals surface area contributed by atoms with Crippen molar-refractivity contribution in [3.05, 3.63) is 54.0 Å². The fraction of sp³-hybridized carbons (Fsp3) is 0.211. The predicted octanol–water partition coefficient (Wildman–Crippen LogP) is 4.79. The van der Waals surface area contributed by atoms with Gasteiger partial charge in [0.1, 0.15) is 5.75 Å². The van der Waals surface area contributed by atoms with Crippen molar-refractivity contribution in [2.24, 2.45) is 0 Å². The number of nitrogens with one attached hydrogen (secondary N) is 2. The molecular weight excluding hydrogens is 380 g/mol. The molecule has 5 nitrogen and oxygen atoms in total. The number of H-pyrrole nitrogens is 1. The molecule has 2 aromatic carbocycles. The van der Waals surface area contributed by atoms with Crippen LogP contribution in [0.15, 0.2) is 42.6 Å². The number of ether oxygens (including phenoxy) is 2. The summed E-state index contributed by atoms with van der Waals surface area (Å²) >= 11 is 0. The van der Waals surface area contributed by atoms with Crippen LogP contribution in [0.25, 0.3) is 10.9 Å². The highest BCUT2D eigenvalue weighted by Gasteiger charge is 2.32. The number of carbonyl (C=O) groups excluding carboxylic acids is 1. The van der Waals surface area contributed by atoms with E-state index in [1.165, 1.54) is 13.0 Å². The molecule has 0 saturated heterocycles. The molecule has 0 aliphatic carbocycles. The number of alkyl halides is 3. The molecule has 0 bridgehead atoms. The second-order valence-corrected chi connectivity index (χ2v) is 6.00. The van der Waals surface area contributed by atoms with Crippen LogP contribution in [0.5, 0.6) is 11.5 Å². The van der Waals surface area contributed by atoms with Crippen molar-refractivity contribution in [2.45, 2.75) is 19.7 Å². The third-order valence-electron chi connectivity index (χ3n) is 3.85. The lowest BCUT2D eigenvalue weighted by atomic mass is 10.1. The number of rotatable bonds is 6. The van der Waals surface area contributed by atoms with Gasteiger partial charge in [-0.2, -0.15) is 0 Å². The molecule has 3 aromatic rings. The van der Waals surface area contributed by atoms with Gasteiger partial charge in [-0.25, -0.2) is 4.39 Å². The number of hydrogen-bond acceptors (Lipinski definition) is 3.